The average molecular weight is 377 g/mol. The third-order valence-electron chi connectivity index (χ3n) is 5.99. The topological polar surface area (TPSA) is 30.0 Å². The van der Waals surface area contributed by atoms with Gasteiger partial charge in [-0.15, -0.1) is 0 Å². The van der Waals surface area contributed by atoms with Gasteiger partial charge in [0.1, 0.15) is 11.9 Å². The van der Waals surface area contributed by atoms with Gasteiger partial charge in [-0.3, -0.25) is 14.6 Å². The second-order valence-corrected chi connectivity index (χ2v) is 8.26. The van der Waals surface area contributed by atoms with Gasteiger partial charge in [-0.05, 0) is 59.1 Å². The first-order valence-corrected chi connectivity index (χ1v) is 10.1. The molecule has 0 spiro atoms. The Morgan fingerprint density at radius 3 is 2.33 bits per heavy atom. The number of rotatable bonds is 5. The molecule has 0 N–H and O–H groups in total. The van der Waals surface area contributed by atoms with Crippen LogP contribution < -0.4 is 0 Å². The van der Waals surface area contributed by atoms with Gasteiger partial charge < -0.3 is 9.80 Å². The van der Waals surface area contributed by atoms with Crippen molar-refractivity contribution in [3.05, 3.63) is 35.6 Å². The van der Waals surface area contributed by atoms with Gasteiger partial charge in [0, 0.05) is 38.3 Å². The van der Waals surface area contributed by atoms with Crippen molar-refractivity contribution in [1.82, 2.24) is 19.6 Å². The number of likely N-dealkylation sites (N-methyl/N-ethyl adjacent to an activating group) is 1. The van der Waals surface area contributed by atoms with Crippen molar-refractivity contribution >= 4 is 5.91 Å². The number of amides is 1. The van der Waals surface area contributed by atoms with Crippen LogP contribution in [-0.4, -0.2) is 92.5 Å². The van der Waals surface area contributed by atoms with Gasteiger partial charge in [0.05, 0.1) is 0 Å². The Kier molecular flexibility index (Phi) is 6.84. The summed E-state index contributed by atoms with van der Waals surface area (Å²) in [6.45, 7) is 6.80. The standard InChI is InChI=1S/C21H33FN4O/c1-23(2)20(18-6-4-5-7-19(18)22)21(27)26-14-12-25(13-15-26)16-17-8-10-24(3)11-9-17/h4-7,17,20H,8-16H2,1-3H3. The molecule has 2 fully saturated rings. The van der Waals surface area contributed by atoms with Crippen LogP contribution in [0.4, 0.5) is 4.39 Å². The van der Waals surface area contributed by atoms with Crippen LogP contribution in [0.3, 0.4) is 0 Å². The summed E-state index contributed by atoms with van der Waals surface area (Å²) in [5.41, 5.74) is 0.459. The first-order chi connectivity index (χ1) is 13.0. The molecule has 6 heteroatoms. The minimum Gasteiger partial charge on any atom is -0.338 e. The summed E-state index contributed by atoms with van der Waals surface area (Å²) < 4.78 is 14.3. The molecule has 1 unspecified atom stereocenters. The van der Waals surface area contributed by atoms with E-state index >= 15 is 0 Å². The zero-order chi connectivity index (χ0) is 19.4. The lowest BCUT2D eigenvalue weighted by molar-refractivity contribution is -0.138. The zero-order valence-corrected chi connectivity index (χ0v) is 16.9. The molecule has 0 bridgehead atoms. The quantitative estimate of drug-likeness (QED) is 0.785. The molecule has 2 heterocycles. The maximum Gasteiger partial charge on any atom is 0.244 e. The Morgan fingerprint density at radius 2 is 1.74 bits per heavy atom. The van der Waals surface area contributed by atoms with Gasteiger partial charge >= 0.3 is 0 Å². The minimum absolute atomic E-state index is 0.00374. The maximum atomic E-state index is 14.3. The van der Waals surface area contributed by atoms with Gasteiger partial charge in [-0.25, -0.2) is 4.39 Å². The van der Waals surface area contributed by atoms with Gasteiger partial charge in [0.2, 0.25) is 5.91 Å². The molecule has 3 rings (SSSR count). The monoisotopic (exact) mass is 376 g/mol. The van der Waals surface area contributed by atoms with E-state index in [1.165, 1.54) is 32.0 Å². The molecular weight excluding hydrogens is 343 g/mol. The van der Waals surface area contributed by atoms with Crippen LogP contribution in [0.25, 0.3) is 0 Å². The predicted molar refractivity (Wildman–Crippen MR) is 106 cm³/mol. The van der Waals surface area contributed by atoms with Crippen molar-refractivity contribution in [3.8, 4) is 0 Å². The Hall–Kier alpha value is -1.50. The third-order valence-corrected chi connectivity index (χ3v) is 5.99. The van der Waals surface area contributed by atoms with E-state index in [1.54, 1.807) is 18.2 Å². The van der Waals surface area contributed by atoms with Crippen LogP contribution in [0.15, 0.2) is 24.3 Å². The minimum atomic E-state index is -0.563. The Balaban J connectivity index is 1.56. The lowest BCUT2D eigenvalue weighted by Crippen LogP contribution is -2.52. The molecule has 1 aromatic rings. The largest absolute Gasteiger partial charge is 0.338 e. The number of halogens is 1. The van der Waals surface area contributed by atoms with E-state index in [-0.39, 0.29) is 11.7 Å². The molecule has 1 aromatic carbocycles. The predicted octanol–water partition coefficient (Wildman–Crippen LogP) is 1.91. The maximum absolute atomic E-state index is 14.3. The molecule has 0 aliphatic carbocycles. The molecule has 0 aromatic heterocycles. The van der Waals surface area contributed by atoms with Crippen LogP contribution >= 0.6 is 0 Å². The van der Waals surface area contributed by atoms with Crippen molar-refractivity contribution in [3.63, 3.8) is 0 Å². The Labute approximate surface area is 162 Å². The van der Waals surface area contributed by atoms with Gasteiger partial charge in [-0.1, -0.05) is 18.2 Å². The fraction of sp³-hybridized carbons (Fsp3) is 0.667. The van der Waals surface area contributed by atoms with Crippen LogP contribution in [0, 0.1) is 11.7 Å². The molecule has 2 aliphatic rings. The fourth-order valence-corrected chi connectivity index (χ4v) is 4.26. The number of carbonyl (C=O) groups excluding carboxylic acids is 1. The van der Waals surface area contributed by atoms with Crippen molar-refractivity contribution in [1.29, 1.82) is 0 Å². The van der Waals surface area contributed by atoms with Crippen LogP contribution in [0.1, 0.15) is 24.4 Å². The van der Waals surface area contributed by atoms with Gasteiger partial charge in [0.25, 0.3) is 0 Å². The average Bonchev–Trinajstić information content (AvgIpc) is 2.65. The Morgan fingerprint density at radius 1 is 1.11 bits per heavy atom. The molecule has 0 saturated carbocycles. The first-order valence-electron chi connectivity index (χ1n) is 10.1. The summed E-state index contributed by atoms with van der Waals surface area (Å²) in [6, 6.07) is 6.04. The van der Waals surface area contributed by atoms with E-state index in [2.05, 4.69) is 16.8 Å². The molecule has 5 nitrogen and oxygen atoms in total. The first kappa shape index (κ1) is 20.2. The highest BCUT2D eigenvalue weighted by atomic mass is 19.1. The number of hydrogen-bond acceptors (Lipinski definition) is 4. The lowest BCUT2D eigenvalue weighted by Gasteiger charge is -2.40. The van der Waals surface area contributed by atoms with Gasteiger partial charge in [0.15, 0.2) is 0 Å². The van der Waals surface area contributed by atoms with Crippen LogP contribution in [-0.2, 0) is 4.79 Å². The van der Waals surface area contributed by atoms with E-state index in [9.17, 15) is 9.18 Å². The molecular formula is C21H33FN4O. The summed E-state index contributed by atoms with van der Waals surface area (Å²) >= 11 is 0. The fourth-order valence-electron chi connectivity index (χ4n) is 4.26. The number of piperidine rings is 1. The second kappa shape index (κ2) is 9.13. The normalized spacial score (nSPS) is 21.6. The molecule has 150 valence electrons. The van der Waals surface area contributed by atoms with Crippen molar-refractivity contribution in [2.45, 2.75) is 18.9 Å². The number of carbonyl (C=O) groups is 1. The van der Waals surface area contributed by atoms with Crippen LogP contribution in [0.2, 0.25) is 0 Å². The summed E-state index contributed by atoms with van der Waals surface area (Å²) in [5, 5.41) is 0. The van der Waals surface area contributed by atoms with Crippen molar-refractivity contribution in [2.75, 3.05) is 67.0 Å². The van der Waals surface area contributed by atoms with Crippen molar-refractivity contribution in [2.24, 2.45) is 5.92 Å². The molecule has 2 saturated heterocycles. The summed E-state index contributed by atoms with van der Waals surface area (Å²) in [6.07, 6.45) is 2.54. The number of hydrogen-bond donors (Lipinski definition) is 0. The van der Waals surface area contributed by atoms with E-state index in [1.807, 2.05) is 23.9 Å². The number of nitrogens with zero attached hydrogens (tertiary/aromatic N) is 4. The zero-order valence-electron chi connectivity index (χ0n) is 16.9. The SMILES string of the molecule is CN1CCC(CN2CCN(C(=O)C(c3ccccc3F)N(C)C)CC2)CC1. The molecule has 1 atom stereocenters. The number of likely N-dealkylation sites (tertiary alicyclic amines) is 1. The smallest absolute Gasteiger partial charge is 0.244 e. The summed E-state index contributed by atoms with van der Waals surface area (Å²) in [5.74, 6) is 0.464. The van der Waals surface area contributed by atoms with Gasteiger partial charge in [-0.2, -0.15) is 0 Å². The summed E-state index contributed by atoms with van der Waals surface area (Å²) in [7, 11) is 5.87. The molecule has 0 radical (unpaired) electrons. The highest BCUT2D eigenvalue weighted by Crippen LogP contribution is 2.25. The van der Waals surface area contributed by atoms with E-state index in [0.717, 1.165) is 38.6 Å². The molecule has 1 amide bonds. The highest BCUT2D eigenvalue weighted by molar-refractivity contribution is 5.83. The van der Waals surface area contributed by atoms with Crippen molar-refractivity contribution < 1.29 is 9.18 Å². The lowest BCUT2D eigenvalue weighted by atomic mass is 9.96. The Bertz CT molecular complexity index is 622. The van der Waals surface area contributed by atoms with E-state index < -0.39 is 6.04 Å². The highest BCUT2D eigenvalue weighted by Gasteiger charge is 2.32. The molecule has 2 aliphatic heterocycles. The van der Waals surface area contributed by atoms with E-state index in [4.69, 9.17) is 0 Å². The number of benzene rings is 1. The second-order valence-electron chi connectivity index (χ2n) is 8.26. The van der Waals surface area contributed by atoms with E-state index in [0.29, 0.717) is 5.56 Å². The number of piperazine rings is 1. The third kappa shape index (κ3) is 5.06. The molecule has 27 heavy (non-hydrogen) atoms. The summed E-state index contributed by atoms with van der Waals surface area (Å²) in [4.78, 5) is 21.7. The van der Waals surface area contributed by atoms with Crippen LogP contribution in [0.5, 0.6) is 0 Å².